The topological polar surface area (TPSA) is 26.0 Å². The van der Waals surface area contributed by atoms with Gasteiger partial charge in [-0.15, -0.1) is 0 Å². The van der Waals surface area contributed by atoms with E-state index < -0.39 is 19.6 Å². The van der Waals surface area contributed by atoms with Crippen LogP contribution in [0.5, 0.6) is 0 Å². The molecule has 1 fully saturated rings. The molecule has 2 heterocycles. The monoisotopic (exact) mass is 468 g/mol. The summed E-state index contributed by atoms with van der Waals surface area (Å²) >= 11 is 0. The van der Waals surface area contributed by atoms with Gasteiger partial charge in [0.25, 0.3) is 0 Å². The molecule has 5 aromatic rings. The van der Waals surface area contributed by atoms with Crippen molar-refractivity contribution < 1.29 is 14.0 Å². The van der Waals surface area contributed by atoms with Crippen LogP contribution < -0.4 is 0 Å². The molecule has 1 aliphatic rings. The smallest absolute Gasteiger partial charge is 0.144 e. The highest BCUT2D eigenvalue weighted by molar-refractivity contribution is 6.17. The zero-order chi connectivity index (χ0) is 30.5. The number of aromatic nitrogens is 1. The van der Waals surface area contributed by atoms with Crippen LogP contribution >= 0.6 is 0 Å². The fourth-order valence-electron chi connectivity index (χ4n) is 6.45. The summed E-state index contributed by atoms with van der Waals surface area (Å²) in [5, 5.41) is 3.69. The van der Waals surface area contributed by atoms with Crippen LogP contribution in [-0.4, -0.2) is 4.98 Å². The Hall–Kier alpha value is -3.13. The maximum absolute atomic E-state index is 9.91. The van der Waals surface area contributed by atoms with Crippen LogP contribution in [0.4, 0.5) is 0 Å². The second-order valence-corrected chi connectivity index (χ2v) is 11.3. The number of aryl methyl sites for hydroxylation is 2. The highest BCUT2D eigenvalue weighted by atomic mass is 16.3. The molecule has 0 radical (unpaired) electrons. The van der Waals surface area contributed by atoms with Gasteiger partial charge in [-0.25, -0.2) is 0 Å². The summed E-state index contributed by atoms with van der Waals surface area (Å²) < 4.78 is 63.9. The van der Waals surface area contributed by atoms with E-state index in [1.807, 2.05) is 24.3 Å². The van der Waals surface area contributed by atoms with E-state index in [0.717, 1.165) is 52.6 Å². The van der Waals surface area contributed by atoms with Gasteiger partial charge in [0.15, 0.2) is 0 Å². The molecule has 35 heavy (non-hydrogen) atoms. The van der Waals surface area contributed by atoms with Crippen LogP contribution in [0.3, 0.4) is 0 Å². The lowest BCUT2D eigenvalue weighted by Crippen LogP contribution is -2.38. The van der Waals surface area contributed by atoms with Crippen molar-refractivity contribution >= 4 is 32.7 Å². The fourth-order valence-corrected chi connectivity index (χ4v) is 6.45. The molecule has 6 rings (SSSR count). The first kappa shape index (κ1) is 15.8. The Kier molecular flexibility index (Phi) is 3.46. The number of hydrogen-bond donors (Lipinski definition) is 0. The molecule has 2 aromatic heterocycles. The van der Waals surface area contributed by atoms with Gasteiger partial charge in [-0.2, -0.15) is 0 Å². The number of para-hydroxylation sites is 1. The Labute approximate surface area is 218 Å². The van der Waals surface area contributed by atoms with Crippen molar-refractivity contribution in [1.82, 2.24) is 4.98 Å². The van der Waals surface area contributed by atoms with E-state index in [1.165, 1.54) is 6.07 Å². The largest absolute Gasteiger partial charge is 0.455 e. The molecule has 0 bridgehead atoms. The predicted octanol–water partition coefficient (Wildman–Crippen LogP) is 9.74. The second kappa shape index (κ2) is 7.68. The molecule has 0 N–H and O–H groups in total. The molecule has 0 amide bonds. The summed E-state index contributed by atoms with van der Waals surface area (Å²) in [6, 6.07) is 17.4. The third kappa shape index (κ3) is 3.49. The van der Waals surface area contributed by atoms with Gasteiger partial charge in [-0.1, -0.05) is 64.4 Å². The van der Waals surface area contributed by atoms with Crippen LogP contribution in [-0.2, 0) is 0 Å². The van der Waals surface area contributed by atoms with Gasteiger partial charge in [0.2, 0.25) is 0 Å². The van der Waals surface area contributed by atoms with Gasteiger partial charge in [0, 0.05) is 37.5 Å². The number of furan rings is 1. The molecular weight excluding hydrogens is 426 g/mol. The molecule has 178 valence electrons. The average Bonchev–Trinajstić information content (AvgIpc) is 3.29. The number of nitrogens with zero attached hydrogens (tertiary/aromatic N) is 1. The first-order valence-electron chi connectivity index (χ1n) is 15.9. The summed E-state index contributed by atoms with van der Waals surface area (Å²) in [7, 11) is 0. The van der Waals surface area contributed by atoms with Crippen molar-refractivity contribution in [2.24, 2.45) is 10.8 Å². The molecular formula is C33H35NO. The third-order valence-electron chi connectivity index (χ3n) is 7.91. The average molecular weight is 469 g/mol. The van der Waals surface area contributed by atoms with E-state index in [1.54, 1.807) is 0 Å². The van der Waals surface area contributed by atoms with Gasteiger partial charge >= 0.3 is 0 Å². The van der Waals surface area contributed by atoms with Crippen molar-refractivity contribution in [3.63, 3.8) is 0 Å². The number of benzene rings is 3. The maximum Gasteiger partial charge on any atom is 0.144 e. The van der Waals surface area contributed by atoms with Gasteiger partial charge in [-0.3, -0.25) is 4.98 Å². The molecule has 0 spiro atoms. The number of fused-ring (bicyclic) bond motifs is 5. The SMILES string of the molecule is [2H]C([2H])([2H])c1cnc(-c2cccc3c2oc2c4cc(C5([2H])C(C)(C)CCCC5(C)C)ccc4ccc32)cc1C([2H])([2H])[2H]. The van der Waals surface area contributed by atoms with Crippen LogP contribution in [0.1, 0.15) is 79.1 Å². The Balaban J connectivity index is 1.59. The van der Waals surface area contributed by atoms with Crippen LogP contribution in [0, 0.1) is 24.5 Å². The molecule has 0 aliphatic heterocycles. The van der Waals surface area contributed by atoms with E-state index in [0.29, 0.717) is 22.4 Å². The second-order valence-electron chi connectivity index (χ2n) is 11.3. The van der Waals surface area contributed by atoms with Crippen LogP contribution in [0.25, 0.3) is 44.0 Å². The molecule has 0 atom stereocenters. The summed E-state index contributed by atoms with van der Waals surface area (Å²) in [5.74, 6) is -0.800. The number of hydrogen-bond acceptors (Lipinski definition) is 2. The lowest BCUT2D eigenvalue weighted by molar-refractivity contribution is 0.0728. The van der Waals surface area contributed by atoms with Crippen LogP contribution in [0.15, 0.2) is 65.2 Å². The van der Waals surface area contributed by atoms with Crippen molar-refractivity contribution in [2.45, 2.75) is 66.6 Å². The summed E-state index contributed by atoms with van der Waals surface area (Å²) in [4.78, 5) is 4.39. The lowest BCUT2D eigenvalue weighted by atomic mass is 9.55. The quantitative estimate of drug-likeness (QED) is 0.258. The van der Waals surface area contributed by atoms with Gasteiger partial charge in [0.1, 0.15) is 11.2 Å². The van der Waals surface area contributed by atoms with Crippen molar-refractivity contribution in [3.05, 3.63) is 77.5 Å². The molecule has 2 heteroatoms. The first-order chi connectivity index (χ1) is 19.5. The van der Waals surface area contributed by atoms with Crippen LogP contribution in [0.2, 0.25) is 0 Å². The number of pyridine rings is 1. The van der Waals surface area contributed by atoms with Crippen molar-refractivity contribution in [3.8, 4) is 11.3 Å². The summed E-state index contributed by atoms with van der Waals surface area (Å²) in [6.45, 7) is 3.60. The minimum Gasteiger partial charge on any atom is -0.455 e. The van der Waals surface area contributed by atoms with E-state index in [9.17, 15) is 1.37 Å². The highest BCUT2D eigenvalue weighted by Gasteiger charge is 2.44. The van der Waals surface area contributed by atoms with Gasteiger partial charge in [-0.05, 0) is 89.6 Å². The maximum atomic E-state index is 9.91. The van der Waals surface area contributed by atoms with E-state index in [4.69, 9.17) is 12.6 Å². The van der Waals surface area contributed by atoms with Crippen molar-refractivity contribution in [2.75, 3.05) is 0 Å². The van der Waals surface area contributed by atoms with Gasteiger partial charge in [0.05, 0.1) is 5.69 Å². The molecule has 3 aromatic carbocycles. The standard InChI is InChI=1S/C33H35NO/c1-20-17-28(34-19-21(20)2)26-10-7-9-24-25-14-13-22-11-12-23(18-27(22)30(25)35-29(24)26)31-32(3,4)15-8-16-33(31,5)6/h7,9-14,17-19,31H,8,15-16H2,1-6H3/i1D3,2D3,31D. The number of rotatable bonds is 2. The lowest BCUT2D eigenvalue weighted by Gasteiger charge is -2.49. The Bertz CT molecular complexity index is 1840. The molecule has 0 saturated heterocycles. The van der Waals surface area contributed by atoms with E-state index >= 15 is 0 Å². The van der Waals surface area contributed by atoms with E-state index in [-0.39, 0.29) is 22.0 Å². The summed E-state index contributed by atoms with van der Waals surface area (Å²) in [6.07, 6.45) is 4.23. The highest BCUT2D eigenvalue weighted by Crippen LogP contribution is 2.56. The first-order valence-corrected chi connectivity index (χ1v) is 12.4. The zero-order valence-corrected chi connectivity index (χ0v) is 20.8. The molecule has 0 unspecified atom stereocenters. The Morgan fingerprint density at radius 1 is 0.857 bits per heavy atom. The van der Waals surface area contributed by atoms with Gasteiger partial charge < -0.3 is 4.42 Å². The fraction of sp³-hybridized carbons (Fsp3) is 0.364. The van der Waals surface area contributed by atoms with Crippen molar-refractivity contribution in [1.29, 1.82) is 0 Å². The molecule has 1 saturated carbocycles. The molecule has 2 nitrogen and oxygen atoms in total. The predicted molar refractivity (Wildman–Crippen MR) is 148 cm³/mol. The Morgan fingerprint density at radius 3 is 2.37 bits per heavy atom. The third-order valence-corrected chi connectivity index (χ3v) is 7.91. The minimum atomic E-state index is -2.62. The zero-order valence-electron chi connectivity index (χ0n) is 27.8. The minimum absolute atomic E-state index is 0.218. The Morgan fingerprint density at radius 2 is 1.60 bits per heavy atom. The molecule has 1 aliphatic carbocycles. The summed E-state index contributed by atoms with van der Waals surface area (Å²) in [5.41, 5.74) is 2.18. The normalized spacial score (nSPS) is 22.6. The van der Waals surface area contributed by atoms with E-state index in [2.05, 4.69) is 56.9 Å².